The van der Waals surface area contributed by atoms with Gasteiger partial charge in [0.15, 0.2) is 0 Å². The molecule has 0 spiro atoms. The van der Waals surface area contributed by atoms with E-state index in [0.717, 1.165) is 11.1 Å². The molecule has 0 bridgehead atoms. The smallest absolute Gasteiger partial charge is 0.123 e. The number of aryl methyl sites for hydroxylation is 1. The Balaban J connectivity index is 2.56. The molecular formula is C15H14Cl2FN. The molecule has 0 aliphatic rings. The maximum atomic E-state index is 13.4. The summed E-state index contributed by atoms with van der Waals surface area (Å²) >= 11 is 12.5. The predicted octanol–water partition coefficient (Wildman–Crippen LogP) is 4.75. The Bertz CT molecular complexity index is 597. The Kier molecular flexibility index (Phi) is 4.46. The van der Waals surface area contributed by atoms with E-state index in [4.69, 9.17) is 23.2 Å². The molecule has 0 aromatic heterocycles. The highest BCUT2D eigenvalue weighted by atomic mass is 35.5. The summed E-state index contributed by atoms with van der Waals surface area (Å²) in [6.07, 6.45) is 0. The van der Waals surface area contributed by atoms with Crippen LogP contribution in [0.5, 0.6) is 0 Å². The fraction of sp³-hybridized carbons (Fsp3) is 0.200. The summed E-state index contributed by atoms with van der Waals surface area (Å²) in [4.78, 5) is 0. The van der Waals surface area contributed by atoms with Gasteiger partial charge in [0, 0.05) is 10.0 Å². The standard InChI is InChI=1S/C15H14Cl2FN/c1-9-4-3-5-11(14(9)17)15(19-2)12-8-10(18)6-7-13(12)16/h3-8,15,19H,1-2H3. The molecule has 2 aromatic carbocycles. The topological polar surface area (TPSA) is 12.0 Å². The second kappa shape index (κ2) is 5.91. The van der Waals surface area contributed by atoms with Crippen molar-refractivity contribution in [2.45, 2.75) is 13.0 Å². The first-order valence-electron chi connectivity index (χ1n) is 5.92. The maximum absolute atomic E-state index is 13.4. The van der Waals surface area contributed by atoms with Crippen LogP contribution in [0.15, 0.2) is 36.4 Å². The van der Waals surface area contributed by atoms with E-state index in [0.29, 0.717) is 15.6 Å². The summed E-state index contributed by atoms with van der Waals surface area (Å²) in [5.41, 5.74) is 2.54. The van der Waals surface area contributed by atoms with Gasteiger partial charge in [0.05, 0.1) is 6.04 Å². The molecule has 4 heteroatoms. The van der Waals surface area contributed by atoms with E-state index < -0.39 is 0 Å². The Morgan fingerprint density at radius 1 is 1.11 bits per heavy atom. The van der Waals surface area contributed by atoms with Crippen molar-refractivity contribution in [1.29, 1.82) is 0 Å². The minimum Gasteiger partial charge on any atom is -0.309 e. The maximum Gasteiger partial charge on any atom is 0.123 e. The van der Waals surface area contributed by atoms with Crippen molar-refractivity contribution < 1.29 is 4.39 Å². The lowest BCUT2D eigenvalue weighted by molar-refractivity contribution is 0.617. The SMILES string of the molecule is CNC(c1cc(F)ccc1Cl)c1cccc(C)c1Cl. The lowest BCUT2D eigenvalue weighted by atomic mass is 9.97. The highest BCUT2D eigenvalue weighted by Gasteiger charge is 2.19. The van der Waals surface area contributed by atoms with Gasteiger partial charge in [-0.05, 0) is 48.9 Å². The van der Waals surface area contributed by atoms with Gasteiger partial charge >= 0.3 is 0 Å². The average molecular weight is 298 g/mol. The third-order valence-corrected chi connectivity index (χ3v) is 3.95. The zero-order valence-corrected chi connectivity index (χ0v) is 12.2. The third kappa shape index (κ3) is 2.92. The van der Waals surface area contributed by atoms with Crippen LogP contribution < -0.4 is 5.32 Å². The predicted molar refractivity (Wildman–Crippen MR) is 78.5 cm³/mol. The molecule has 2 rings (SSSR count). The van der Waals surface area contributed by atoms with Crippen LogP contribution in [0.1, 0.15) is 22.7 Å². The molecule has 0 fully saturated rings. The van der Waals surface area contributed by atoms with Crippen LogP contribution in [0.2, 0.25) is 10.0 Å². The van der Waals surface area contributed by atoms with Gasteiger partial charge < -0.3 is 5.32 Å². The molecule has 1 unspecified atom stereocenters. The van der Waals surface area contributed by atoms with Gasteiger partial charge in [-0.2, -0.15) is 0 Å². The van der Waals surface area contributed by atoms with E-state index in [2.05, 4.69) is 5.32 Å². The normalized spacial score (nSPS) is 12.5. The van der Waals surface area contributed by atoms with Gasteiger partial charge in [0.25, 0.3) is 0 Å². The minimum atomic E-state index is -0.316. The van der Waals surface area contributed by atoms with Crippen LogP contribution in [0, 0.1) is 12.7 Å². The van der Waals surface area contributed by atoms with Crippen molar-refractivity contribution in [2.75, 3.05) is 7.05 Å². The van der Waals surface area contributed by atoms with Crippen LogP contribution >= 0.6 is 23.2 Å². The van der Waals surface area contributed by atoms with Gasteiger partial charge in [-0.3, -0.25) is 0 Å². The van der Waals surface area contributed by atoms with Crippen molar-refractivity contribution in [3.05, 3.63) is 69.0 Å². The summed E-state index contributed by atoms with van der Waals surface area (Å²) in [7, 11) is 1.80. The van der Waals surface area contributed by atoms with Crippen molar-refractivity contribution in [3.8, 4) is 0 Å². The second-order valence-electron chi connectivity index (χ2n) is 4.37. The van der Waals surface area contributed by atoms with E-state index in [1.54, 1.807) is 13.1 Å². The molecule has 100 valence electrons. The minimum absolute atomic E-state index is 0.240. The fourth-order valence-electron chi connectivity index (χ4n) is 2.11. The largest absolute Gasteiger partial charge is 0.309 e. The first-order chi connectivity index (χ1) is 9.04. The van der Waals surface area contributed by atoms with Gasteiger partial charge in [-0.1, -0.05) is 41.4 Å². The van der Waals surface area contributed by atoms with Crippen LogP contribution in [-0.4, -0.2) is 7.05 Å². The Morgan fingerprint density at radius 2 is 1.84 bits per heavy atom. The number of nitrogens with one attached hydrogen (secondary N) is 1. The molecule has 1 atom stereocenters. The summed E-state index contributed by atoms with van der Waals surface area (Å²) in [6, 6.07) is 9.87. The summed E-state index contributed by atoms with van der Waals surface area (Å²) in [6.45, 7) is 1.94. The van der Waals surface area contributed by atoms with Crippen LogP contribution in [0.25, 0.3) is 0 Å². The van der Waals surface area contributed by atoms with Crippen molar-refractivity contribution in [1.82, 2.24) is 5.32 Å². The number of halogens is 3. The molecule has 19 heavy (non-hydrogen) atoms. The first kappa shape index (κ1) is 14.3. The van der Waals surface area contributed by atoms with E-state index in [1.165, 1.54) is 12.1 Å². The number of benzene rings is 2. The van der Waals surface area contributed by atoms with Crippen LogP contribution in [0.4, 0.5) is 4.39 Å². The number of hydrogen-bond donors (Lipinski definition) is 1. The molecule has 0 saturated carbocycles. The Hall–Kier alpha value is -1.09. The van der Waals surface area contributed by atoms with Crippen LogP contribution in [0.3, 0.4) is 0 Å². The van der Waals surface area contributed by atoms with Crippen LogP contribution in [-0.2, 0) is 0 Å². The van der Waals surface area contributed by atoms with Crippen molar-refractivity contribution in [3.63, 3.8) is 0 Å². The molecule has 0 radical (unpaired) electrons. The Morgan fingerprint density at radius 3 is 2.53 bits per heavy atom. The molecule has 0 amide bonds. The van der Waals surface area contributed by atoms with Crippen molar-refractivity contribution >= 4 is 23.2 Å². The average Bonchev–Trinajstić information content (AvgIpc) is 2.39. The zero-order chi connectivity index (χ0) is 14.0. The van der Waals surface area contributed by atoms with Gasteiger partial charge in [0.2, 0.25) is 0 Å². The number of rotatable bonds is 3. The van der Waals surface area contributed by atoms with Gasteiger partial charge in [-0.25, -0.2) is 4.39 Å². The van der Waals surface area contributed by atoms with E-state index in [-0.39, 0.29) is 11.9 Å². The van der Waals surface area contributed by atoms with Crippen molar-refractivity contribution in [2.24, 2.45) is 0 Å². The molecule has 1 N–H and O–H groups in total. The zero-order valence-electron chi connectivity index (χ0n) is 10.7. The summed E-state index contributed by atoms with van der Waals surface area (Å²) in [5, 5.41) is 4.32. The molecule has 0 heterocycles. The summed E-state index contributed by atoms with van der Waals surface area (Å²) in [5.74, 6) is -0.316. The molecule has 0 aliphatic carbocycles. The Labute approximate surface area is 122 Å². The van der Waals surface area contributed by atoms with Gasteiger partial charge in [-0.15, -0.1) is 0 Å². The van der Waals surface area contributed by atoms with E-state index >= 15 is 0 Å². The van der Waals surface area contributed by atoms with E-state index in [9.17, 15) is 4.39 Å². The molecule has 0 aliphatic heterocycles. The molecule has 0 saturated heterocycles. The molecular weight excluding hydrogens is 284 g/mol. The second-order valence-corrected chi connectivity index (χ2v) is 5.15. The first-order valence-corrected chi connectivity index (χ1v) is 6.67. The van der Waals surface area contributed by atoms with Gasteiger partial charge in [0.1, 0.15) is 5.82 Å². The highest BCUT2D eigenvalue weighted by Crippen LogP contribution is 2.33. The highest BCUT2D eigenvalue weighted by molar-refractivity contribution is 6.32. The fourth-order valence-corrected chi connectivity index (χ4v) is 2.57. The number of hydrogen-bond acceptors (Lipinski definition) is 1. The monoisotopic (exact) mass is 297 g/mol. The van der Waals surface area contributed by atoms with E-state index in [1.807, 2.05) is 25.1 Å². The third-order valence-electron chi connectivity index (χ3n) is 3.09. The molecule has 1 nitrogen and oxygen atoms in total. The quantitative estimate of drug-likeness (QED) is 0.862. The lowest BCUT2D eigenvalue weighted by Crippen LogP contribution is -2.19. The lowest BCUT2D eigenvalue weighted by Gasteiger charge is -2.20. The summed E-state index contributed by atoms with van der Waals surface area (Å²) < 4.78 is 13.4. The molecule has 2 aromatic rings.